The minimum atomic E-state index is 0. The molecule has 7 heavy (non-hydrogen) atoms. The lowest BCUT2D eigenvalue weighted by Crippen LogP contribution is -1.87. The van der Waals surface area contributed by atoms with E-state index in [2.05, 4.69) is 0 Å². The Kier molecular flexibility index (Phi) is 89.4. The number of aliphatic hydroxyl groups is 1. The predicted octanol–water partition coefficient (Wildman–Crippen LogP) is 0.126. The van der Waals surface area contributed by atoms with Gasteiger partial charge in [-0.1, -0.05) is 6.92 Å². The molecule has 0 aromatic carbocycles. The van der Waals surface area contributed by atoms with Crippen LogP contribution in [-0.2, 0) is 0 Å². The molecule has 0 aliphatic heterocycles. The molecule has 0 unspecified atom stereocenters. The highest BCUT2D eigenvalue weighted by Gasteiger charge is 1.34. The molecule has 0 rings (SSSR count). The maximum Gasteiger partial charge on any atom is 0.0402 e. The van der Waals surface area contributed by atoms with Gasteiger partial charge in [-0.2, -0.15) is 0 Å². The number of aliphatic hydroxyl groups excluding tert-OH is 1. The lowest BCUT2D eigenvalue weighted by atomic mass is 10.8. The smallest absolute Gasteiger partial charge is 0.0402 e. The highest BCUT2D eigenvalue weighted by atomic mass is 16.2. The molecule has 48 valence electrons. The topological polar surface area (TPSA) is 81.2 Å². The maximum atomic E-state index is 7.57. The van der Waals surface area contributed by atoms with Crippen LogP contribution < -0.4 is 11.9 Å². The van der Waals surface area contributed by atoms with Crippen molar-refractivity contribution >= 4 is 0 Å². The van der Waals surface area contributed by atoms with Crippen LogP contribution in [0.15, 0.2) is 0 Å². The van der Waals surface area contributed by atoms with Gasteiger partial charge in [0.05, 0.1) is 0 Å². The Balaban J connectivity index is -0.0000000400. The number of nitrogens with two attached hydrogens (primary N) is 1. The Morgan fingerprint density at radius 1 is 1.43 bits per heavy atom. The summed E-state index contributed by atoms with van der Waals surface area (Å²) in [5.74, 6) is 0. The summed E-state index contributed by atoms with van der Waals surface area (Å²) in [5.41, 5.74) is 4.85. The van der Waals surface area contributed by atoms with Gasteiger partial charge in [0.2, 0.25) is 0 Å². The second-order valence-corrected chi connectivity index (χ2v) is 0.724. The van der Waals surface area contributed by atoms with Crippen molar-refractivity contribution in [2.75, 3.05) is 13.2 Å². The summed E-state index contributed by atoms with van der Waals surface area (Å²) in [7, 11) is 0. The molecule has 0 aromatic rings. The average molecular weight is 108 g/mol. The van der Waals surface area contributed by atoms with Gasteiger partial charge in [0.1, 0.15) is 0 Å². The second-order valence-electron chi connectivity index (χ2n) is 0.724. The first-order valence-electron chi connectivity index (χ1n) is 2.14. The first-order chi connectivity index (χ1) is 2.83. The van der Waals surface area contributed by atoms with Crippen molar-refractivity contribution in [1.82, 2.24) is 6.15 Å². The van der Waals surface area contributed by atoms with Crippen molar-refractivity contribution in [2.45, 2.75) is 13.8 Å². The molecule has 0 aromatic heterocycles. The van der Waals surface area contributed by atoms with Crippen LogP contribution in [0.2, 0.25) is 0 Å². The fourth-order valence-electron chi connectivity index (χ4n) is 0. The van der Waals surface area contributed by atoms with E-state index >= 15 is 0 Å². The Bertz CT molecular complexity index is 11.7. The molecule has 3 nitrogen and oxygen atoms in total. The van der Waals surface area contributed by atoms with E-state index in [1.807, 2.05) is 6.92 Å². The zero-order chi connectivity index (χ0) is 5.41. The minimum Gasteiger partial charge on any atom is -0.397 e. The zero-order valence-electron chi connectivity index (χ0n) is 5.15. The van der Waals surface area contributed by atoms with E-state index in [1.165, 1.54) is 0 Å². The van der Waals surface area contributed by atoms with E-state index < -0.39 is 0 Å². The molecule has 0 atom stereocenters. The van der Waals surface area contributed by atoms with Crippen molar-refractivity contribution in [2.24, 2.45) is 5.73 Å². The Labute approximate surface area is 45.1 Å². The molecular formula is C4H16N2O. The highest BCUT2D eigenvalue weighted by Crippen LogP contribution is 1.30. The second kappa shape index (κ2) is 39.6. The summed E-state index contributed by atoms with van der Waals surface area (Å²) in [4.78, 5) is 0. The van der Waals surface area contributed by atoms with Crippen LogP contribution in [-0.4, -0.2) is 18.3 Å². The number of hydrogen-bond acceptors (Lipinski definition) is 3. The summed E-state index contributed by atoms with van der Waals surface area (Å²) in [6.45, 7) is 4.58. The third kappa shape index (κ3) is 6150. The zero-order valence-corrected chi connectivity index (χ0v) is 5.15. The molecule has 0 aliphatic carbocycles. The monoisotopic (exact) mass is 108 g/mol. The number of rotatable bonds is 0. The lowest BCUT2D eigenvalue weighted by Gasteiger charge is -1.53. The predicted molar refractivity (Wildman–Crippen MR) is 32.5 cm³/mol. The standard InChI is InChI=1S/C2H7N.C2H6O.H3N/c2*1-2-3;/h2-3H2,1H3;3H,2H2,1H3;1H3. The Hall–Kier alpha value is -0.120. The lowest BCUT2D eigenvalue weighted by molar-refractivity contribution is 0.318. The third-order valence-electron chi connectivity index (χ3n) is 0. The van der Waals surface area contributed by atoms with Crippen molar-refractivity contribution in [1.29, 1.82) is 0 Å². The summed E-state index contributed by atoms with van der Waals surface area (Å²) >= 11 is 0. The average Bonchev–Trinajstić information content (AvgIpc) is 1.39. The minimum absolute atomic E-state index is 0. The van der Waals surface area contributed by atoms with Gasteiger partial charge in [-0.15, -0.1) is 0 Å². The quantitative estimate of drug-likeness (QED) is 0.412. The van der Waals surface area contributed by atoms with Crippen LogP contribution in [0.5, 0.6) is 0 Å². The van der Waals surface area contributed by atoms with Crippen molar-refractivity contribution in [3.05, 3.63) is 0 Å². The van der Waals surface area contributed by atoms with E-state index in [9.17, 15) is 0 Å². The SMILES string of the molecule is CCN.CCO.N. The normalized spacial score (nSPS) is 5.14. The molecule has 0 saturated carbocycles. The van der Waals surface area contributed by atoms with E-state index in [-0.39, 0.29) is 12.8 Å². The van der Waals surface area contributed by atoms with Gasteiger partial charge in [-0.05, 0) is 13.5 Å². The fraction of sp³-hybridized carbons (Fsp3) is 1.00. The van der Waals surface area contributed by atoms with Gasteiger partial charge in [0, 0.05) is 6.61 Å². The van der Waals surface area contributed by atoms with Crippen LogP contribution in [0, 0.1) is 0 Å². The Morgan fingerprint density at radius 3 is 1.43 bits per heavy atom. The molecule has 0 amide bonds. The van der Waals surface area contributed by atoms with Gasteiger partial charge < -0.3 is 17.0 Å². The molecule has 0 radical (unpaired) electrons. The molecule has 0 aliphatic rings. The van der Waals surface area contributed by atoms with Gasteiger partial charge in [0.25, 0.3) is 0 Å². The largest absolute Gasteiger partial charge is 0.397 e. The van der Waals surface area contributed by atoms with Crippen LogP contribution in [0.1, 0.15) is 13.8 Å². The van der Waals surface area contributed by atoms with Gasteiger partial charge in [-0.25, -0.2) is 0 Å². The van der Waals surface area contributed by atoms with Crippen LogP contribution in [0.4, 0.5) is 0 Å². The van der Waals surface area contributed by atoms with Crippen LogP contribution >= 0.6 is 0 Å². The number of hydrogen-bond donors (Lipinski definition) is 3. The summed E-state index contributed by atoms with van der Waals surface area (Å²) in [6, 6.07) is 0. The van der Waals surface area contributed by atoms with Gasteiger partial charge in [-0.3, -0.25) is 0 Å². The molecule has 0 spiro atoms. The fourth-order valence-corrected chi connectivity index (χ4v) is 0. The van der Waals surface area contributed by atoms with Gasteiger partial charge in [0.15, 0.2) is 0 Å². The van der Waals surface area contributed by atoms with E-state index in [1.54, 1.807) is 6.92 Å². The first kappa shape index (κ1) is 15.8. The third-order valence-corrected chi connectivity index (χ3v) is 0. The van der Waals surface area contributed by atoms with E-state index in [4.69, 9.17) is 10.8 Å². The highest BCUT2D eigenvalue weighted by molar-refractivity contribution is 4.00. The summed E-state index contributed by atoms with van der Waals surface area (Å²) in [5, 5.41) is 7.57. The van der Waals surface area contributed by atoms with Crippen molar-refractivity contribution in [3.8, 4) is 0 Å². The molecule has 6 N–H and O–H groups in total. The summed E-state index contributed by atoms with van der Waals surface area (Å²) < 4.78 is 0. The van der Waals surface area contributed by atoms with E-state index in [0.29, 0.717) is 0 Å². The Morgan fingerprint density at radius 2 is 1.43 bits per heavy atom. The molecule has 0 fully saturated rings. The maximum absolute atomic E-state index is 7.57. The van der Waals surface area contributed by atoms with Crippen LogP contribution in [0.3, 0.4) is 0 Å². The van der Waals surface area contributed by atoms with E-state index in [0.717, 1.165) is 6.54 Å². The molecule has 0 bridgehead atoms. The molecule has 0 heterocycles. The van der Waals surface area contributed by atoms with Crippen molar-refractivity contribution < 1.29 is 5.11 Å². The molecular weight excluding hydrogens is 92.1 g/mol. The van der Waals surface area contributed by atoms with Crippen molar-refractivity contribution in [3.63, 3.8) is 0 Å². The first-order valence-corrected chi connectivity index (χ1v) is 2.14. The van der Waals surface area contributed by atoms with Crippen LogP contribution in [0.25, 0.3) is 0 Å². The van der Waals surface area contributed by atoms with Gasteiger partial charge >= 0.3 is 0 Å². The summed E-state index contributed by atoms with van der Waals surface area (Å²) in [6.07, 6.45) is 0. The molecule has 0 saturated heterocycles. The molecule has 3 heteroatoms.